The normalized spacial score (nSPS) is 17.4. The molecule has 22 heavy (non-hydrogen) atoms. The van der Waals surface area contributed by atoms with Crippen LogP contribution in [-0.2, 0) is 16.1 Å². The molecule has 1 saturated heterocycles. The van der Waals surface area contributed by atoms with Gasteiger partial charge in [-0.1, -0.05) is 29.3 Å². The van der Waals surface area contributed by atoms with Gasteiger partial charge in [0.25, 0.3) is 0 Å². The maximum Gasteiger partial charge on any atom is 0.308 e. The highest BCUT2D eigenvalue weighted by Gasteiger charge is 2.29. The van der Waals surface area contributed by atoms with Gasteiger partial charge in [-0.3, -0.25) is 4.79 Å². The average Bonchev–Trinajstić information content (AvgIpc) is 2.51. The zero-order chi connectivity index (χ0) is 16.1. The Morgan fingerprint density at radius 2 is 2.05 bits per heavy atom. The van der Waals surface area contributed by atoms with Crippen molar-refractivity contribution in [2.45, 2.75) is 19.4 Å². The first kappa shape index (κ1) is 17.5. The summed E-state index contributed by atoms with van der Waals surface area (Å²) in [7, 11) is 0. The van der Waals surface area contributed by atoms with Crippen molar-refractivity contribution in [2.75, 3.05) is 19.8 Å². The van der Waals surface area contributed by atoms with E-state index < -0.39 is 17.7 Å². The van der Waals surface area contributed by atoms with E-state index >= 15 is 0 Å². The summed E-state index contributed by atoms with van der Waals surface area (Å²) in [6.45, 7) is 1.87. The molecule has 122 valence electrons. The van der Waals surface area contributed by atoms with Crippen molar-refractivity contribution in [1.29, 1.82) is 0 Å². The van der Waals surface area contributed by atoms with Crippen LogP contribution in [0, 0.1) is 17.7 Å². The number of benzene rings is 1. The second kappa shape index (κ2) is 8.11. The molecule has 7 heteroatoms. The quantitative estimate of drug-likeness (QED) is 0.773. The molecule has 1 aromatic carbocycles. The second-order valence-corrected chi connectivity index (χ2v) is 6.12. The molecular weight excluding hydrogens is 332 g/mol. The van der Waals surface area contributed by atoms with E-state index in [2.05, 4.69) is 5.32 Å². The first-order chi connectivity index (χ1) is 10.5. The van der Waals surface area contributed by atoms with E-state index in [9.17, 15) is 14.3 Å². The monoisotopic (exact) mass is 349 g/mol. The van der Waals surface area contributed by atoms with E-state index in [1.807, 2.05) is 0 Å². The fourth-order valence-electron chi connectivity index (χ4n) is 2.64. The Labute approximate surface area is 138 Å². The Hall–Kier alpha value is -0.880. The molecule has 2 rings (SSSR count). The SMILES string of the molecule is O=C(O)C(CNCc1ccc(F)c(Cl)c1Cl)C1CCOCC1. The molecule has 4 nitrogen and oxygen atoms in total. The van der Waals surface area contributed by atoms with Crippen molar-refractivity contribution in [3.63, 3.8) is 0 Å². The van der Waals surface area contributed by atoms with Gasteiger partial charge in [0.1, 0.15) is 5.82 Å². The molecule has 1 aromatic rings. The summed E-state index contributed by atoms with van der Waals surface area (Å²) in [5, 5.41) is 12.5. The van der Waals surface area contributed by atoms with Crippen molar-refractivity contribution >= 4 is 29.2 Å². The lowest BCUT2D eigenvalue weighted by molar-refractivity contribution is -0.144. The van der Waals surface area contributed by atoms with Crippen LogP contribution in [0.2, 0.25) is 10.0 Å². The number of carboxylic acids is 1. The highest BCUT2D eigenvalue weighted by atomic mass is 35.5. The molecule has 0 bridgehead atoms. The van der Waals surface area contributed by atoms with Crippen LogP contribution in [0.3, 0.4) is 0 Å². The molecule has 1 atom stereocenters. The largest absolute Gasteiger partial charge is 0.481 e. The van der Waals surface area contributed by atoms with Crippen LogP contribution in [0.1, 0.15) is 18.4 Å². The van der Waals surface area contributed by atoms with Gasteiger partial charge in [0, 0.05) is 26.3 Å². The Morgan fingerprint density at radius 3 is 2.68 bits per heavy atom. The minimum Gasteiger partial charge on any atom is -0.481 e. The standard InChI is InChI=1S/C15H18Cl2FNO3/c16-13-10(1-2-12(18)14(13)17)7-19-8-11(15(20)21)9-3-5-22-6-4-9/h1-2,9,11,19H,3-8H2,(H,20,21). The number of carboxylic acid groups (broad SMARTS) is 1. The third kappa shape index (κ3) is 4.32. The van der Waals surface area contributed by atoms with Crippen LogP contribution in [0.4, 0.5) is 4.39 Å². The van der Waals surface area contributed by atoms with Crippen LogP contribution in [0.5, 0.6) is 0 Å². The predicted molar refractivity (Wildman–Crippen MR) is 82.8 cm³/mol. The van der Waals surface area contributed by atoms with Crippen LogP contribution < -0.4 is 5.32 Å². The molecule has 1 heterocycles. The van der Waals surface area contributed by atoms with Gasteiger partial charge in [-0.25, -0.2) is 4.39 Å². The van der Waals surface area contributed by atoms with Gasteiger partial charge in [-0.15, -0.1) is 0 Å². The summed E-state index contributed by atoms with van der Waals surface area (Å²) in [5.74, 6) is -1.76. The number of hydrogen-bond donors (Lipinski definition) is 2. The van der Waals surface area contributed by atoms with Gasteiger partial charge >= 0.3 is 5.97 Å². The topological polar surface area (TPSA) is 58.6 Å². The van der Waals surface area contributed by atoms with Gasteiger partial charge in [0.05, 0.1) is 16.0 Å². The molecule has 0 amide bonds. The number of nitrogens with one attached hydrogen (secondary N) is 1. The predicted octanol–water partition coefficient (Wildman–Crippen LogP) is 3.35. The second-order valence-electron chi connectivity index (χ2n) is 5.36. The Kier molecular flexibility index (Phi) is 6.44. The molecular formula is C15H18Cl2FNO3. The molecule has 0 aliphatic carbocycles. The van der Waals surface area contributed by atoms with E-state index in [1.165, 1.54) is 6.07 Å². The number of aliphatic carboxylic acids is 1. The number of rotatable bonds is 6. The molecule has 1 unspecified atom stereocenters. The highest BCUT2D eigenvalue weighted by Crippen LogP contribution is 2.29. The van der Waals surface area contributed by atoms with Crippen LogP contribution in [0.25, 0.3) is 0 Å². The first-order valence-electron chi connectivity index (χ1n) is 7.14. The molecule has 0 radical (unpaired) electrons. The summed E-state index contributed by atoms with van der Waals surface area (Å²) >= 11 is 11.7. The van der Waals surface area contributed by atoms with Gasteiger partial charge in [0.2, 0.25) is 0 Å². The molecule has 0 aromatic heterocycles. The van der Waals surface area contributed by atoms with Crippen molar-refractivity contribution in [2.24, 2.45) is 11.8 Å². The highest BCUT2D eigenvalue weighted by molar-refractivity contribution is 6.42. The summed E-state index contributed by atoms with van der Waals surface area (Å²) in [5.41, 5.74) is 0.643. The fraction of sp³-hybridized carbons (Fsp3) is 0.533. The molecule has 0 saturated carbocycles. The third-order valence-corrected chi connectivity index (χ3v) is 4.85. The average molecular weight is 350 g/mol. The summed E-state index contributed by atoms with van der Waals surface area (Å²) in [4.78, 5) is 11.4. The summed E-state index contributed by atoms with van der Waals surface area (Å²) in [6.07, 6.45) is 1.50. The lowest BCUT2D eigenvalue weighted by Gasteiger charge is -2.27. The summed E-state index contributed by atoms with van der Waals surface area (Å²) in [6, 6.07) is 2.79. The number of hydrogen-bond acceptors (Lipinski definition) is 3. The van der Waals surface area contributed by atoms with E-state index in [1.54, 1.807) is 6.07 Å². The van der Waals surface area contributed by atoms with Gasteiger partial charge in [-0.05, 0) is 30.4 Å². The third-order valence-electron chi connectivity index (χ3n) is 3.95. The zero-order valence-electron chi connectivity index (χ0n) is 11.9. The van der Waals surface area contributed by atoms with E-state index in [0.29, 0.717) is 31.9 Å². The fourth-order valence-corrected chi connectivity index (χ4v) is 3.04. The van der Waals surface area contributed by atoms with Crippen LogP contribution >= 0.6 is 23.2 Å². The van der Waals surface area contributed by atoms with Crippen molar-refractivity contribution in [3.8, 4) is 0 Å². The number of ether oxygens (including phenoxy) is 1. The minimum absolute atomic E-state index is 0.103. The van der Waals surface area contributed by atoms with Crippen molar-refractivity contribution < 1.29 is 19.0 Å². The minimum atomic E-state index is -0.817. The summed E-state index contributed by atoms with van der Waals surface area (Å²) < 4.78 is 18.5. The molecule has 1 aliphatic rings. The maximum absolute atomic E-state index is 13.2. The Balaban J connectivity index is 1.93. The maximum atomic E-state index is 13.2. The molecule has 1 fully saturated rings. The number of carbonyl (C=O) groups is 1. The van der Waals surface area contributed by atoms with Gasteiger partial charge < -0.3 is 15.2 Å². The molecule has 1 aliphatic heterocycles. The van der Waals surface area contributed by atoms with Crippen LogP contribution in [-0.4, -0.2) is 30.8 Å². The van der Waals surface area contributed by atoms with Gasteiger partial charge in [-0.2, -0.15) is 0 Å². The van der Waals surface area contributed by atoms with E-state index in [4.69, 9.17) is 27.9 Å². The van der Waals surface area contributed by atoms with E-state index in [0.717, 1.165) is 12.8 Å². The molecule has 0 spiro atoms. The molecule has 2 N–H and O–H groups in total. The number of halogens is 3. The van der Waals surface area contributed by atoms with Crippen LogP contribution in [0.15, 0.2) is 12.1 Å². The van der Waals surface area contributed by atoms with Crippen molar-refractivity contribution in [1.82, 2.24) is 5.32 Å². The van der Waals surface area contributed by atoms with E-state index in [-0.39, 0.29) is 16.0 Å². The Morgan fingerprint density at radius 1 is 1.36 bits per heavy atom. The zero-order valence-corrected chi connectivity index (χ0v) is 13.5. The van der Waals surface area contributed by atoms with Gasteiger partial charge in [0.15, 0.2) is 0 Å². The Bertz CT molecular complexity index is 536. The lowest BCUT2D eigenvalue weighted by Crippen LogP contribution is -2.36. The smallest absolute Gasteiger partial charge is 0.308 e. The lowest BCUT2D eigenvalue weighted by atomic mass is 9.86. The first-order valence-corrected chi connectivity index (χ1v) is 7.90. The van der Waals surface area contributed by atoms with Crippen molar-refractivity contribution in [3.05, 3.63) is 33.6 Å².